The van der Waals surface area contributed by atoms with Crippen LogP contribution in [0, 0.1) is 11.3 Å². The minimum atomic E-state index is 0.112. The zero-order valence-electron chi connectivity index (χ0n) is 22.3. The van der Waals surface area contributed by atoms with Gasteiger partial charge in [0.1, 0.15) is 0 Å². The van der Waals surface area contributed by atoms with Crippen LogP contribution >= 0.6 is 23.2 Å². The largest absolute Gasteiger partial charge is 0.0843 e. The van der Waals surface area contributed by atoms with E-state index in [2.05, 4.69) is 107 Å². The molecule has 0 saturated heterocycles. The highest BCUT2D eigenvalue weighted by Crippen LogP contribution is 2.56. The summed E-state index contributed by atoms with van der Waals surface area (Å²) in [7, 11) is 0. The van der Waals surface area contributed by atoms with Gasteiger partial charge in [-0.1, -0.05) is 130 Å². The Morgan fingerprint density at radius 2 is 1.21 bits per heavy atom. The summed E-state index contributed by atoms with van der Waals surface area (Å²) >= 11 is 12.7. The van der Waals surface area contributed by atoms with E-state index in [-0.39, 0.29) is 17.3 Å². The number of hydrogen-bond donors (Lipinski definition) is 0. The molecule has 2 heteroatoms. The van der Waals surface area contributed by atoms with E-state index in [0.29, 0.717) is 5.92 Å². The number of benzene rings is 4. The van der Waals surface area contributed by atoms with Crippen molar-refractivity contribution in [1.82, 2.24) is 0 Å². The average Bonchev–Trinajstić information content (AvgIpc) is 3.45. The minimum Gasteiger partial charge on any atom is -0.0843 e. The summed E-state index contributed by atoms with van der Waals surface area (Å²) in [6.07, 6.45) is 4.89. The van der Waals surface area contributed by atoms with Gasteiger partial charge < -0.3 is 0 Å². The van der Waals surface area contributed by atoms with Crippen LogP contribution < -0.4 is 0 Å². The number of allylic oxidation sites excluding steroid dienone is 4. The quantitative estimate of drug-likeness (QED) is 0.244. The molecule has 0 amide bonds. The maximum atomic E-state index is 6.35. The fraction of sp³-hybridized carbons (Fsp3) is 0.222. The van der Waals surface area contributed by atoms with E-state index in [9.17, 15) is 0 Å². The van der Waals surface area contributed by atoms with Crippen LogP contribution in [0.1, 0.15) is 67.3 Å². The average molecular weight is 536 g/mol. The van der Waals surface area contributed by atoms with Crippen LogP contribution in [-0.4, -0.2) is 0 Å². The van der Waals surface area contributed by atoms with Crippen LogP contribution in [0.3, 0.4) is 0 Å². The molecule has 0 bridgehead atoms. The SMILES string of the molecule is CC1C=C(C(C)(C)C)C=C1c1cccc2c1C(C(c1ccc(Cl)cc1)c1ccc(Cl)cc1)c1ccccc1-2. The van der Waals surface area contributed by atoms with Crippen LogP contribution in [0.5, 0.6) is 0 Å². The topological polar surface area (TPSA) is 0 Å². The van der Waals surface area contributed by atoms with Crippen LogP contribution in [0.4, 0.5) is 0 Å². The van der Waals surface area contributed by atoms with Crippen molar-refractivity contribution < 1.29 is 0 Å². The monoisotopic (exact) mass is 534 g/mol. The first-order valence-corrected chi connectivity index (χ1v) is 14.2. The lowest BCUT2D eigenvalue weighted by Crippen LogP contribution is -2.14. The molecular weight excluding hydrogens is 503 g/mol. The van der Waals surface area contributed by atoms with Crippen LogP contribution in [-0.2, 0) is 0 Å². The molecule has 4 aromatic carbocycles. The van der Waals surface area contributed by atoms with Gasteiger partial charge in [-0.3, -0.25) is 0 Å². The van der Waals surface area contributed by atoms with Crippen molar-refractivity contribution in [2.75, 3.05) is 0 Å². The second-order valence-electron chi connectivity index (χ2n) is 11.7. The summed E-state index contributed by atoms with van der Waals surface area (Å²) in [5, 5.41) is 1.50. The normalized spacial score (nSPS) is 18.3. The van der Waals surface area contributed by atoms with E-state index in [1.807, 2.05) is 24.3 Å². The third kappa shape index (κ3) is 4.35. The number of hydrogen-bond acceptors (Lipinski definition) is 0. The third-order valence-corrected chi connectivity index (χ3v) is 8.71. The molecule has 0 heterocycles. The van der Waals surface area contributed by atoms with Crippen molar-refractivity contribution in [2.45, 2.75) is 39.5 Å². The summed E-state index contributed by atoms with van der Waals surface area (Å²) in [5.74, 6) is 0.636. The van der Waals surface area contributed by atoms with Gasteiger partial charge in [-0.05, 0) is 79.8 Å². The second-order valence-corrected chi connectivity index (χ2v) is 12.5. The van der Waals surface area contributed by atoms with Gasteiger partial charge in [0, 0.05) is 27.8 Å². The van der Waals surface area contributed by atoms with E-state index in [1.165, 1.54) is 50.1 Å². The zero-order valence-corrected chi connectivity index (χ0v) is 23.8. The highest BCUT2D eigenvalue weighted by Gasteiger charge is 2.39. The Bertz CT molecular complexity index is 1520. The van der Waals surface area contributed by atoms with E-state index in [1.54, 1.807) is 0 Å². The van der Waals surface area contributed by atoms with Crippen molar-refractivity contribution in [3.05, 3.63) is 147 Å². The first-order valence-electron chi connectivity index (χ1n) is 13.4. The second kappa shape index (κ2) is 9.60. The fourth-order valence-corrected chi connectivity index (χ4v) is 6.57. The molecule has 2 aliphatic carbocycles. The molecule has 0 N–H and O–H groups in total. The summed E-state index contributed by atoms with van der Waals surface area (Å²) in [5.41, 5.74) is 12.3. The minimum absolute atomic E-state index is 0.112. The predicted octanol–water partition coefficient (Wildman–Crippen LogP) is 10.9. The number of fused-ring (bicyclic) bond motifs is 3. The molecule has 0 spiro atoms. The Morgan fingerprint density at radius 3 is 1.79 bits per heavy atom. The molecule has 0 aromatic heterocycles. The predicted molar refractivity (Wildman–Crippen MR) is 163 cm³/mol. The summed E-state index contributed by atoms with van der Waals surface area (Å²) in [6, 6.07) is 32.6. The fourth-order valence-electron chi connectivity index (χ4n) is 6.32. The van der Waals surface area contributed by atoms with Crippen molar-refractivity contribution >= 4 is 28.8 Å². The van der Waals surface area contributed by atoms with E-state index in [0.717, 1.165) is 10.0 Å². The maximum absolute atomic E-state index is 6.35. The van der Waals surface area contributed by atoms with Gasteiger partial charge >= 0.3 is 0 Å². The molecule has 0 saturated carbocycles. The zero-order chi connectivity index (χ0) is 26.6. The van der Waals surface area contributed by atoms with E-state index in [4.69, 9.17) is 23.2 Å². The van der Waals surface area contributed by atoms with Crippen molar-refractivity contribution in [2.24, 2.45) is 11.3 Å². The van der Waals surface area contributed by atoms with Crippen molar-refractivity contribution in [1.29, 1.82) is 0 Å². The lowest BCUT2D eigenvalue weighted by Gasteiger charge is -2.29. The van der Waals surface area contributed by atoms with Crippen molar-refractivity contribution in [3.63, 3.8) is 0 Å². The Labute approximate surface area is 236 Å². The summed E-state index contributed by atoms with van der Waals surface area (Å²) in [4.78, 5) is 0. The lowest BCUT2D eigenvalue weighted by molar-refractivity contribution is 0.516. The number of rotatable bonds is 4. The molecular formula is C36H32Cl2. The third-order valence-electron chi connectivity index (χ3n) is 8.20. The molecule has 0 nitrogen and oxygen atoms in total. The van der Waals surface area contributed by atoms with Crippen molar-refractivity contribution in [3.8, 4) is 11.1 Å². The van der Waals surface area contributed by atoms with E-state index < -0.39 is 0 Å². The molecule has 0 fully saturated rings. The highest BCUT2D eigenvalue weighted by molar-refractivity contribution is 6.30. The standard InChI is InChI=1S/C36H32Cl2/c1-22-20-25(36(2,3)4)21-32(22)31-11-7-10-29-28-8-5-6-9-30(28)35(34(29)31)33(23-12-16-26(37)17-13-23)24-14-18-27(38)19-15-24/h5-22,33,35H,1-4H3. The van der Waals surface area contributed by atoms with Crippen LogP contribution in [0.25, 0.3) is 16.7 Å². The molecule has 2 aliphatic rings. The van der Waals surface area contributed by atoms with E-state index >= 15 is 0 Å². The Morgan fingerprint density at radius 1 is 0.658 bits per heavy atom. The molecule has 2 unspecified atom stereocenters. The molecule has 4 aromatic rings. The summed E-state index contributed by atoms with van der Waals surface area (Å²) in [6.45, 7) is 9.24. The van der Waals surface area contributed by atoms with Gasteiger partial charge in [0.15, 0.2) is 0 Å². The molecule has 6 rings (SSSR count). The number of halogens is 2. The van der Waals surface area contributed by atoms with Crippen LogP contribution in [0.2, 0.25) is 10.0 Å². The Kier molecular flexibility index (Phi) is 6.37. The smallest absolute Gasteiger partial charge is 0.0406 e. The molecule has 0 radical (unpaired) electrons. The van der Waals surface area contributed by atoms with Gasteiger partial charge in [0.25, 0.3) is 0 Å². The van der Waals surface area contributed by atoms with Gasteiger partial charge in [0.2, 0.25) is 0 Å². The first-order chi connectivity index (χ1) is 18.2. The molecule has 0 aliphatic heterocycles. The maximum Gasteiger partial charge on any atom is 0.0406 e. The molecule has 190 valence electrons. The van der Waals surface area contributed by atoms with Gasteiger partial charge in [-0.25, -0.2) is 0 Å². The summed E-state index contributed by atoms with van der Waals surface area (Å²) < 4.78 is 0. The van der Waals surface area contributed by atoms with Gasteiger partial charge in [0.05, 0.1) is 0 Å². The Balaban J connectivity index is 1.61. The molecule has 38 heavy (non-hydrogen) atoms. The van der Waals surface area contributed by atoms with Gasteiger partial charge in [-0.2, -0.15) is 0 Å². The first kappa shape index (κ1) is 25.2. The lowest BCUT2D eigenvalue weighted by atomic mass is 9.74. The van der Waals surface area contributed by atoms with Gasteiger partial charge in [-0.15, -0.1) is 0 Å². The highest BCUT2D eigenvalue weighted by atomic mass is 35.5. The Hall–Kier alpha value is -3.06. The molecule has 2 atom stereocenters. The van der Waals surface area contributed by atoms with Crippen LogP contribution in [0.15, 0.2) is 109 Å².